The van der Waals surface area contributed by atoms with Gasteiger partial charge in [0.25, 0.3) is 0 Å². The number of carbonyl (C=O) groups excluding carboxylic acids is 1. The van der Waals surface area contributed by atoms with E-state index in [1.54, 1.807) is 17.0 Å². The van der Waals surface area contributed by atoms with Crippen molar-refractivity contribution in [3.8, 4) is 0 Å². The van der Waals surface area contributed by atoms with E-state index in [4.69, 9.17) is 10.5 Å². The molecular formula is C19H30ClFN2O2. The predicted octanol–water partition coefficient (Wildman–Crippen LogP) is 3.13. The van der Waals surface area contributed by atoms with Crippen molar-refractivity contribution in [3.63, 3.8) is 0 Å². The molecule has 0 aromatic heterocycles. The third-order valence-electron chi connectivity index (χ3n) is 5.15. The van der Waals surface area contributed by atoms with Gasteiger partial charge >= 0.3 is 0 Å². The van der Waals surface area contributed by atoms with Gasteiger partial charge in [0.1, 0.15) is 5.82 Å². The fraction of sp³-hybridized carbons (Fsp3) is 0.632. The number of hydrogen-bond donors (Lipinski definition) is 1. The number of carbonyl (C=O) groups is 1. The highest BCUT2D eigenvalue weighted by Gasteiger charge is 2.43. The van der Waals surface area contributed by atoms with Crippen LogP contribution in [0, 0.1) is 11.7 Å². The molecule has 6 heteroatoms. The highest BCUT2D eigenvalue weighted by molar-refractivity contribution is 5.88. The molecule has 0 radical (unpaired) electrons. The summed E-state index contributed by atoms with van der Waals surface area (Å²) in [5.41, 5.74) is 6.35. The lowest BCUT2D eigenvalue weighted by Gasteiger charge is -2.39. The number of ether oxygens (including phenoxy) is 1. The summed E-state index contributed by atoms with van der Waals surface area (Å²) < 4.78 is 18.8. The van der Waals surface area contributed by atoms with Gasteiger partial charge in [0, 0.05) is 32.8 Å². The number of benzene rings is 1. The number of nitrogens with zero attached hydrogens (tertiary/aromatic N) is 1. The van der Waals surface area contributed by atoms with E-state index in [1.807, 2.05) is 7.05 Å². The molecule has 1 amide bonds. The summed E-state index contributed by atoms with van der Waals surface area (Å²) in [6.45, 7) is 5.89. The largest absolute Gasteiger partial charge is 0.381 e. The molecule has 1 aliphatic heterocycles. The number of rotatable bonds is 6. The summed E-state index contributed by atoms with van der Waals surface area (Å²) >= 11 is 0. The van der Waals surface area contributed by atoms with Gasteiger partial charge < -0.3 is 15.4 Å². The quantitative estimate of drug-likeness (QED) is 0.834. The molecule has 25 heavy (non-hydrogen) atoms. The minimum absolute atomic E-state index is 0. The van der Waals surface area contributed by atoms with Crippen molar-refractivity contribution in [2.24, 2.45) is 11.7 Å². The van der Waals surface area contributed by atoms with Crippen molar-refractivity contribution >= 4 is 18.3 Å². The van der Waals surface area contributed by atoms with Gasteiger partial charge in [0.15, 0.2) is 0 Å². The van der Waals surface area contributed by atoms with E-state index < -0.39 is 5.41 Å². The minimum Gasteiger partial charge on any atom is -0.381 e. The van der Waals surface area contributed by atoms with E-state index in [0.717, 1.165) is 12.0 Å². The Morgan fingerprint density at radius 2 is 1.84 bits per heavy atom. The lowest BCUT2D eigenvalue weighted by atomic mass is 9.73. The van der Waals surface area contributed by atoms with Crippen molar-refractivity contribution in [2.75, 3.05) is 26.8 Å². The molecule has 1 aromatic rings. The molecule has 1 heterocycles. The summed E-state index contributed by atoms with van der Waals surface area (Å²) in [6, 6.07) is 6.39. The summed E-state index contributed by atoms with van der Waals surface area (Å²) in [4.78, 5) is 15.0. The van der Waals surface area contributed by atoms with Crippen LogP contribution in [0.15, 0.2) is 24.3 Å². The molecule has 142 valence electrons. The molecule has 0 bridgehead atoms. The predicted molar refractivity (Wildman–Crippen MR) is 100 cm³/mol. The second kappa shape index (κ2) is 9.51. The maximum Gasteiger partial charge on any atom is 0.233 e. The van der Waals surface area contributed by atoms with Crippen LogP contribution < -0.4 is 5.73 Å². The zero-order chi connectivity index (χ0) is 17.7. The molecule has 0 aliphatic carbocycles. The van der Waals surface area contributed by atoms with Gasteiger partial charge in [-0.1, -0.05) is 26.0 Å². The Bertz CT molecular complexity index is 545. The highest BCUT2D eigenvalue weighted by Crippen LogP contribution is 2.36. The molecule has 1 fully saturated rings. The van der Waals surface area contributed by atoms with Crippen LogP contribution in [0.4, 0.5) is 4.39 Å². The van der Waals surface area contributed by atoms with E-state index in [0.29, 0.717) is 38.5 Å². The van der Waals surface area contributed by atoms with Gasteiger partial charge in [-0.3, -0.25) is 4.79 Å². The molecule has 1 unspecified atom stereocenters. The Labute approximate surface area is 156 Å². The van der Waals surface area contributed by atoms with E-state index in [1.165, 1.54) is 12.1 Å². The third-order valence-corrected chi connectivity index (χ3v) is 5.15. The average Bonchev–Trinajstić information content (AvgIpc) is 2.59. The van der Waals surface area contributed by atoms with Crippen molar-refractivity contribution in [2.45, 2.75) is 44.6 Å². The van der Waals surface area contributed by atoms with Gasteiger partial charge in [-0.2, -0.15) is 0 Å². The minimum atomic E-state index is -0.622. The molecule has 0 spiro atoms. The van der Waals surface area contributed by atoms with Gasteiger partial charge in [-0.15, -0.1) is 12.4 Å². The van der Waals surface area contributed by atoms with Gasteiger partial charge in [0.05, 0.1) is 5.41 Å². The van der Waals surface area contributed by atoms with Crippen LogP contribution in [0.1, 0.15) is 38.7 Å². The lowest BCUT2D eigenvalue weighted by Crippen LogP contribution is -2.49. The first-order chi connectivity index (χ1) is 11.4. The van der Waals surface area contributed by atoms with E-state index in [9.17, 15) is 9.18 Å². The average molecular weight is 373 g/mol. The van der Waals surface area contributed by atoms with Crippen LogP contribution in [-0.4, -0.2) is 43.7 Å². The Morgan fingerprint density at radius 3 is 2.36 bits per heavy atom. The smallest absolute Gasteiger partial charge is 0.233 e. The fourth-order valence-corrected chi connectivity index (χ4v) is 3.26. The monoisotopic (exact) mass is 372 g/mol. The van der Waals surface area contributed by atoms with Crippen molar-refractivity contribution < 1.29 is 13.9 Å². The topological polar surface area (TPSA) is 55.6 Å². The molecular weight excluding hydrogens is 343 g/mol. The third kappa shape index (κ3) is 5.16. The fourth-order valence-electron chi connectivity index (χ4n) is 3.26. The summed E-state index contributed by atoms with van der Waals surface area (Å²) in [5.74, 6) is 0.181. The van der Waals surface area contributed by atoms with Crippen LogP contribution in [0.25, 0.3) is 0 Å². The Morgan fingerprint density at radius 1 is 1.28 bits per heavy atom. The normalized spacial score (nSPS) is 17.7. The van der Waals surface area contributed by atoms with Gasteiger partial charge in [-0.25, -0.2) is 4.39 Å². The second-order valence-corrected chi connectivity index (χ2v) is 7.12. The van der Waals surface area contributed by atoms with Crippen molar-refractivity contribution in [1.29, 1.82) is 0 Å². The Kier molecular flexibility index (Phi) is 8.32. The summed E-state index contributed by atoms with van der Waals surface area (Å²) in [6.07, 6.45) is 2.02. The Hall–Kier alpha value is -1.17. The van der Waals surface area contributed by atoms with Crippen LogP contribution in [0.5, 0.6) is 0 Å². The molecule has 2 N–H and O–H groups in total. The highest BCUT2D eigenvalue weighted by atomic mass is 35.5. The number of amides is 1. The zero-order valence-electron chi connectivity index (χ0n) is 15.3. The maximum atomic E-state index is 13.3. The molecule has 1 saturated heterocycles. The second-order valence-electron chi connectivity index (χ2n) is 7.12. The SMILES string of the molecule is CC(C)C(N)CCN(C)C(=O)C1(c2ccc(F)cc2)CCOCC1.Cl. The van der Waals surface area contributed by atoms with Crippen LogP contribution in [0.3, 0.4) is 0 Å². The zero-order valence-corrected chi connectivity index (χ0v) is 16.2. The molecule has 4 nitrogen and oxygen atoms in total. The Balaban J connectivity index is 0.00000312. The van der Waals surface area contributed by atoms with E-state index in [2.05, 4.69) is 13.8 Å². The lowest BCUT2D eigenvalue weighted by molar-refractivity contribution is -0.140. The molecule has 1 atom stereocenters. The van der Waals surface area contributed by atoms with Crippen molar-refractivity contribution in [3.05, 3.63) is 35.6 Å². The van der Waals surface area contributed by atoms with Crippen LogP contribution >= 0.6 is 12.4 Å². The van der Waals surface area contributed by atoms with Gasteiger partial charge in [-0.05, 0) is 42.9 Å². The molecule has 1 aromatic carbocycles. The molecule has 0 saturated carbocycles. The number of halogens is 2. The summed E-state index contributed by atoms with van der Waals surface area (Å²) in [5, 5.41) is 0. The van der Waals surface area contributed by atoms with Crippen LogP contribution in [0.2, 0.25) is 0 Å². The number of nitrogens with two attached hydrogens (primary N) is 1. The number of likely N-dealkylation sites (N-methyl/N-ethyl adjacent to an activating group) is 1. The summed E-state index contributed by atoms with van der Waals surface area (Å²) in [7, 11) is 1.83. The molecule has 2 rings (SSSR count). The van der Waals surface area contributed by atoms with E-state index >= 15 is 0 Å². The van der Waals surface area contributed by atoms with E-state index in [-0.39, 0.29) is 30.2 Å². The molecule has 1 aliphatic rings. The first-order valence-electron chi connectivity index (χ1n) is 8.72. The van der Waals surface area contributed by atoms with Gasteiger partial charge in [0.2, 0.25) is 5.91 Å². The maximum absolute atomic E-state index is 13.3. The van der Waals surface area contributed by atoms with Crippen molar-refractivity contribution in [1.82, 2.24) is 4.90 Å². The van der Waals surface area contributed by atoms with Crippen LogP contribution in [-0.2, 0) is 14.9 Å². The standard InChI is InChI=1S/C19H29FN2O2.ClH/c1-14(2)17(21)8-11-22(3)18(23)19(9-12-24-13-10-19)15-4-6-16(20)7-5-15;/h4-7,14,17H,8-13,21H2,1-3H3;1H. The number of hydrogen-bond acceptors (Lipinski definition) is 3. The first kappa shape index (κ1) is 21.9. The first-order valence-corrected chi connectivity index (χ1v) is 8.72.